The first-order valence-electron chi connectivity index (χ1n) is 11.3. The molecule has 8 heteroatoms. The number of carbonyl (C=O) groups is 2. The Labute approximate surface area is 210 Å². The SMILES string of the molecule is COc1ccc(C(=O)Oc2ccc3c(c2)C(C)c2cc(OC(=O)c4ccc(O)c(F)c4)ccc2-3)cc1F. The minimum Gasteiger partial charge on any atom is -0.505 e. The fourth-order valence-electron chi connectivity index (χ4n) is 4.34. The first-order chi connectivity index (χ1) is 17.7. The van der Waals surface area contributed by atoms with E-state index in [4.69, 9.17) is 14.2 Å². The smallest absolute Gasteiger partial charge is 0.343 e. The first-order valence-corrected chi connectivity index (χ1v) is 11.3. The van der Waals surface area contributed by atoms with Crippen molar-refractivity contribution in [3.05, 3.63) is 107 Å². The van der Waals surface area contributed by atoms with Gasteiger partial charge >= 0.3 is 11.9 Å². The van der Waals surface area contributed by atoms with Crippen molar-refractivity contribution in [2.45, 2.75) is 12.8 Å². The second kappa shape index (κ2) is 9.39. The lowest BCUT2D eigenvalue weighted by Crippen LogP contribution is -2.09. The highest BCUT2D eigenvalue weighted by atomic mass is 19.1. The number of methoxy groups -OCH3 is 1. The van der Waals surface area contributed by atoms with E-state index < -0.39 is 29.3 Å². The molecule has 0 heterocycles. The highest BCUT2D eigenvalue weighted by Crippen LogP contribution is 2.47. The zero-order valence-corrected chi connectivity index (χ0v) is 19.7. The van der Waals surface area contributed by atoms with Gasteiger partial charge in [0.15, 0.2) is 23.1 Å². The molecule has 0 radical (unpaired) electrons. The summed E-state index contributed by atoms with van der Waals surface area (Å²) in [6.07, 6.45) is 0. The van der Waals surface area contributed by atoms with Crippen LogP contribution in [0.15, 0.2) is 72.8 Å². The van der Waals surface area contributed by atoms with Crippen molar-refractivity contribution in [2.75, 3.05) is 7.11 Å². The van der Waals surface area contributed by atoms with Gasteiger partial charge in [0.1, 0.15) is 11.5 Å². The molecule has 1 aliphatic carbocycles. The topological polar surface area (TPSA) is 82.1 Å². The zero-order valence-electron chi connectivity index (χ0n) is 19.7. The molecule has 6 nitrogen and oxygen atoms in total. The van der Waals surface area contributed by atoms with Crippen LogP contribution in [0.4, 0.5) is 8.78 Å². The van der Waals surface area contributed by atoms with Crippen LogP contribution in [0.5, 0.6) is 23.0 Å². The normalized spacial score (nSPS) is 13.5. The van der Waals surface area contributed by atoms with E-state index in [0.717, 1.165) is 40.5 Å². The van der Waals surface area contributed by atoms with Crippen molar-refractivity contribution in [3.8, 4) is 34.1 Å². The van der Waals surface area contributed by atoms with Gasteiger partial charge in [-0.3, -0.25) is 0 Å². The maximum absolute atomic E-state index is 14.0. The summed E-state index contributed by atoms with van der Waals surface area (Å²) in [5.74, 6) is -3.08. The molecule has 0 amide bonds. The van der Waals surface area contributed by atoms with Gasteiger partial charge in [-0.15, -0.1) is 0 Å². The van der Waals surface area contributed by atoms with Gasteiger partial charge in [-0.1, -0.05) is 19.1 Å². The summed E-state index contributed by atoms with van der Waals surface area (Å²) in [4.78, 5) is 25.0. The highest BCUT2D eigenvalue weighted by Gasteiger charge is 2.27. The van der Waals surface area contributed by atoms with E-state index in [0.29, 0.717) is 5.75 Å². The van der Waals surface area contributed by atoms with Crippen LogP contribution in [0.25, 0.3) is 11.1 Å². The maximum atomic E-state index is 14.0. The number of carbonyl (C=O) groups excluding carboxylic acids is 2. The standard InChI is InChI=1S/C29H20F2O6/c1-15-22-13-18(36-28(33)16-3-9-26(32)24(30)11-16)5-7-20(22)21-8-6-19(14-23(15)21)37-29(34)17-4-10-27(35-2)25(31)12-17/h3-15,32H,1-2H3. The number of phenolic OH excluding ortho intramolecular Hbond substituents is 1. The van der Waals surface area contributed by atoms with Crippen molar-refractivity contribution < 1.29 is 37.7 Å². The van der Waals surface area contributed by atoms with Gasteiger partial charge in [-0.05, 0) is 82.9 Å². The summed E-state index contributed by atoms with van der Waals surface area (Å²) in [5, 5.41) is 9.32. The molecule has 5 rings (SSSR count). The number of esters is 2. The zero-order chi connectivity index (χ0) is 26.3. The van der Waals surface area contributed by atoms with E-state index in [1.165, 1.54) is 25.3 Å². The summed E-state index contributed by atoms with van der Waals surface area (Å²) in [7, 11) is 1.34. The molecule has 37 heavy (non-hydrogen) atoms. The molecule has 1 unspecified atom stereocenters. The van der Waals surface area contributed by atoms with Crippen LogP contribution < -0.4 is 14.2 Å². The van der Waals surface area contributed by atoms with Crippen LogP contribution in [0.3, 0.4) is 0 Å². The summed E-state index contributed by atoms with van der Waals surface area (Å²) in [6, 6.07) is 17.6. The molecule has 0 fully saturated rings. The number of aromatic hydroxyl groups is 1. The van der Waals surface area contributed by atoms with Crippen molar-refractivity contribution in [2.24, 2.45) is 0 Å². The average molecular weight is 502 g/mol. The number of benzene rings is 4. The molecular weight excluding hydrogens is 482 g/mol. The molecule has 0 bridgehead atoms. The van der Waals surface area contributed by atoms with Crippen molar-refractivity contribution in [1.29, 1.82) is 0 Å². The molecular formula is C29H20F2O6. The van der Waals surface area contributed by atoms with Gasteiger partial charge in [0.25, 0.3) is 0 Å². The predicted molar refractivity (Wildman–Crippen MR) is 130 cm³/mol. The maximum Gasteiger partial charge on any atom is 0.343 e. The monoisotopic (exact) mass is 502 g/mol. The third kappa shape index (κ3) is 4.49. The minimum atomic E-state index is -0.916. The largest absolute Gasteiger partial charge is 0.505 e. The van der Waals surface area contributed by atoms with E-state index in [-0.39, 0.29) is 28.5 Å². The van der Waals surface area contributed by atoms with E-state index in [1.807, 2.05) is 19.1 Å². The van der Waals surface area contributed by atoms with Crippen molar-refractivity contribution in [1.82, 2.24) is 0 Å². The summed E-state index contributed by atoms with van der Waals surface area (Å²) >= 11 is 0. The molecule has 1 atom stereocenters. The summed E-state index contributed by atoms with van der Waals surface area (Å²) in [6.45, 7) is 1.97. The Morgan fingerprint density at radius 2 is 1.24 bits per heavy atom. The van der Waals surface area contributed by atoms with Gasteiger partial charge in [0, 0.05) is 5.92 Å². The van der Waals surface area contributed by atoms with Crippen LogP contribution in [0.2, 0.25) is 0 Å². The molecule has 0 spiro atoms. The number of fused-ring (bicyclic) bond motifs is 3. The van der Waals surface area contributed by atoms with Crippen molar-refractivity contribution >= 4 is 11.9 Å². The molecule has 186 valence electrons. The summed E-state index contributed by atoms with van der Waals surface area (Å²) < 4.78 is 43.4. The van der Waals surface area contributed by atoms with Crippen molar-refractivity contribution in [3.63, 3.8) is 0 Å². The van der Waals surface area contributed by atoms with Crippen LogP contribution in [-0.4, -0.2) is 24.2 Å². The highest BCUT2D eigenvalue weighted by molar-refractivity contribution is 5.92. The Morgan fingerprint density at radius 3 is 1.73 bits per heavy atom. The average Bonchev–Trinajstić information content (AvgIpc) is 3.16. The molecule has 1 aliphatic rings. The van der Waals surface area contributed by atoms with Gasteiger partial charge < -0.3 is 19.3 Å². The lowest BCUT2D eigenvalue weighted by molar-refractivity contribution is 0.0724. The predicted octanol–water partition coefficient (Wildman–Crippen LogP) is 6.25. The third-order valence-corrected chi connectivity index (χ3v) is 6.26. The fourth-order valence-corrected chi connectivity index (χ4v) is 4.34. The minimum absolute atomic E-state index is 0.0287. The molecule has 0 aliphatic heterocycles. The molecule has 1 N–H and O–H groups in total. The second-order valence-electron chi connectivity index (χ2n) is 8.51. The molecule has 4 aromatic carbocycles. The Kier molecular flexibility index (Phi) is 6.09. The van der Waals surface area contributed by atoms with Gasteiger partial charge in [-0.25, -0.2) is 18.4 Å². The number of hydrogen-bond donors (Lipinski definition) is 1. The first kappa shape index (κ1) is 24.0. The quantitative estimate of drug-likeness (QED) is 0.257. The number of hydrogen-bond acceptors (Lipinski definition) is 6. The number of phenols is 1. The fraction of sp³-hybridized carbons (Fsp3) is 0.103. The van der Waals surface area contributed by atoms with Gasteiger partial charge in [-0.2, -0.15) is 0 Å². The van der Waals surface area contributed by atoms with Gasteiger partial charge in [0.2, 0.25) is 0 Å². The van der Waals surface area contributed by atoms with E-state index in [9.17, 15) is 23.5 Å². The second-order valence-corrected chi connectivity index (χ2v) is 8.51. The lowest BCUT2D eigenvalue weighted by atomic mass is 9.99. The Hall–Kier alpha value is -4.72. The summed E-state index contributed by atoms with van der Waals surface area (Å²) in [5.41, 5.74) is 3.71. The lowest BCUT2D eigenvalue weighted by Gasteiger charge is -2.10. The number of rotatable bonds is 5. The molecule has 0 aromatic heterocycles. The number of ether oxygens (including phenoxy) is 3. The van der Waals surface area contributed by atoms with Crippen LogP contribution >= 0.6 is 0 Å². The van der Waals surface area contributed by atoms with Gasteiger partial charge in [0.05, 0.1) is 18.2 Å². The third-order valence-electron chi connectivity index (χ3n) is 6.26. The number of halogens is 2. The van der Waals surface area contributed by atoms with E-state index in [2.05, 4.69) is 0 Å². The van der Waals surface area contributed by atoms with Crippen LogP contribution in [0, 0.1) is 11.6 Å². The Bertz CT molecular complexity index is 1560. The van der Waals surface area contributed by atoms with E-state index in [1.54, 1.807) is 24.3 Å². The Balaban J connectivity index is 1.35. The molecule has 0 saturated carbocycles. The Morgan fingerprint density at radius 1 is 0.730 bits per heavy atom. The van der Waals surface area contributed by atoms with E-state index >= 15 is 0 Å². The molecule has 0 saturated heterocycles. The van der Waals surface area contributed by atoms with Crippen LogP contribution in [-0.2, 0) is 0 Å². The van der Waals surface area contributed by atoms with Crippen LogP contribution in [0.1, 0.15) is 44.7 Å². The molecule has 4 aromatic rings.